The second-order valence-corrected chi connectivity index (χ2v) is 6.01. The quantitative estimate of drug-likeness (QED) is 0.835. The molecule has 2 aliphatic heterocycles. The molecule has 2 saturated heterocycles. The Kier molecular flexibility index (Phi) is 3.54. The fourth-order valence-corrected chi connectivity index (χ4v) is 3.56. The van der Waals surface area contributed by atoms with Crippen molar-refractivity contribution in [2.45, 2.75) is 38.3 Å². The number of nitrogen functional groups attached to an aromatic ring is 1. The summed E-state index contributed by atoms with van der Waals surface area (Å²) in [6, 6.07) is 9.54. The number of nitriles is 1. The van der Waals surface area contributed by atoms with Gasteiger partial charge in [0.1, 0.15) is 0 Å². The van der Waals surface area contributed by atoms with Gasteiger partial charge in [-0.2, -0.15) is 5.26 Å². The van der Waals surface area contributed by atoms with E-state index in [1.807, 2.05) is 6.07 Å². The van der Waals surface area contributed by atoms with Gasteiger partial charge in [0.05, 0.1) is 12.5 Å². The first-order valence-corrected chi connectivity index (χ1v) is 7.45. The highest BCUT2D eigenvalue weighted by Gasteiger charge is 2.34. The molecular formula is C16H22N4. The zero-order valence-electron chi connectivity index (χ0n) is 12.0. The summed E-state index contributed by atoms with van der Waals surface area (Å²) in [6.07, 6.45) is 3.02. The summed E-state index contributed by atoms with van der Waals surface area (Å²) in [6.45, 7) is 5.78. The number of benzene rings is 1. The van der Waals surface area contributed by atoms with Gasteiger partial charge in [0.2, 0.25) is 0 Å². The topological polar surface area (TPSA) is 56.3 Å². The normalized spacial score (nSPS) is 26.3. The van der Waals surface area contributed by atoms with Crippen molar-refractivity contribution in [2.75, 3.05) is 30.3 Å². The lowest BCUT2D eigenvalue weighted by atomic mass is 10.0. The molecule has 20 heavy (non-hydrogen) atoms. The summed E-state index contributed by atoms with van der Waals surface area (Å²) in [5.74, 6) is 0. The summed E-state index contributed by atoms with van der Waals surface area (Å²) >= 11 is 0. The highest BCUT2D eigenvalue weighted by atomic mass is 15.3. The molecule has 0 radical (unpaired) electrons. The predicted molar refractivity (Wildman–Crippen MR) is 81.6 cm³/mol. The first kappa shape index (κ1) is 13.3. The van der Waals surface area contributed by atoms with E-state index in [0.717, 1.165) is 24.3 Å². The van der Waals surface area contributed by atoms with E-state index in [0.29, 0.717) is 18.5 Å². The molecule has 1 aromatic rings. The van der Waals surface area contributed by atoms with Crippen LogP contribution < -0.4 is 10.6 Å². The maximum Gasteiger partial charge on any atom is 0.0670 e. The molecule has 0 aromatic heterocycles. The van der Waals surface area contributed by atoms with E-state index in [4.69, 9.17) is 11.0 Å². The minimum absolute atomic E-state index is 0.386. The number of nitrogens with zero attached hydrogens (tertiary/aromatic N) is 3. The number of rotatable bonds is 2. The van der Waals surface area contributed by atoms with E-state index in [1.54, 1.807) is 0 Å². The van der Waals surface area contributed by atoms with Gasteiger partial charge in [0, 0.05) is 36.5 Å². The lowest BCUT2D eigenvalue weighted by molar-refractivity contribution is 0.203. The molecule has 2 heterocycles. The van der Waals surface area contributed by atoms with Crippen LogP contribution in [-0.2, 0) is 6.42 Å². The Labute approximate surface area is 120 Å². The summed E-state index contributed by atoms with van der Waals surface area (Å²) in [4.78, 5) is 5.10. The SMILES string of the molecule is CC1CN2CCCC2CN1c1ccc(N)c(CC#N)c1. The van der Waals surface area contributed by atoms with E-state index in [2.05, 4.69) is 34.9 Å². The van der Waals surface area contributed by atoms with Gasteiger partial charge in [0.25, 0.3) is 0 Å². The van der Waals surface area contributed by atoms with Gasteiger partial charge in [-0.3, -0.25) is 4.90 Å². The minimum Gasteiger partial charge on any atom is -0.398 e. The average molecular weight is 270 g/mol. The molecule has 0 bridgehead atoms. The third kappa shape index (κ3) is 2.34. The molecule has 2 unspecified atom stereocenters. The molecule has 4 nitrogen and oxygen atoms in total. The molecule has 1 aromatic carbocycles. The Morgan fingerprint density at radius 3 is 3.05 bits per heavy atom. The van der Waals surface area contributed by atoms with E-state index >= 15 is 0 Å². The Bertz CT molecular complexity index is 534. The van der Waals surface area contributed by atoms with Crippen LogP contribution in [0.1, 0.15) is 25.3 Å². The van der Waals surface area contributed by atoms with Crippen molar-refractivity contribution >= 4 is 11.4 Å². The van der Waals surface area contributed by atoms with E-state index < -0.39 is 0 Å². The molecule has 0 aliphatic carbocycles. The van der Waals surface area contributed by atoms with Crippen LogP contribution in [0.25, 0.3) is 0 Å². The van der Waals surface area contributed by atoms with E-state index in [9.17, 15) is 0 Å². The second kappa shape index (κ2) is 5.34. The number of nitrogens with two attached hydrogens (primary N) is 1. The van der Waals surface area contributed by atoms with Crippen LogP contribution in [-0.4, -0.2) is 36.6 Å². The number of hydrogen-bond acceptors (Lipinski definition) is 4. The van der Waals surface area contributed by atoms with E-state index in [-0.39, 0.29) is 0 Å². The average Bonchev–Trinajstić information content (AvgIpc) is 2.88. The molecule has 4 heteroatoms. The molecular weight excluding hydrogens is 248 g/mol. The molecule has 0 amide bonds. The van der Waals surface area contributed by atoms with E-state index in [1.165, 1.54) is 25.1 Å². The smallest absolute Gasteiger partial charge is 0.0670 e. The maximum atomic E-state index is 8.89. The van der Waals surface area contributed by atoms with Crippen LogP contribution in [0, 0.1) is 11.3 Å². The van der Waals surface area contributed by atoms with Gasteiger partial charge in [-0.25, -0.2) is 0 Å². The molecule has 106 valence electrons. The number of piperazine rings is 1. The van der Waals surface area contributed by atoms with Gasteiger partial charge in [0.15, 0.2) is 0 Å². The lowest BCUT2D eigenvalue weighted by Gasteiger charge is -2.43. The van der Waals surface area contributed by atoms with Crippen molar-refractivity contribution in [3.8, 4) is 6.07 Å². The first-order valence-electron chi connectivity index (χ1n) is 7.45. The second-order valence-electron chi connectivity index (χ2n) is 6.01. The Balaban J connectivity index is 1.84. The van der Waals surface area contributed by atoms with Crippen LogP contribution in [0.2, 0.25) is 0 Å². The van der Waals surface area contributed by atoms with Crippen molar-refractivity contribution in [2.24, 2.45) is 0 Å². The molecule has 3 rings (SSSR count). The highest BCUT2D eigenvalue weighted by molar-refractivity contribution is 5.60. The van der Waals surface area contributed by atoms with Crippen molar-refractivity contribution in [3.05, 3.63) is 23.8 Å². The largest absolute Gasteiger partial charge is 0.398 e. The van der Waals surface area contributed by atoms with Gasteiger partial charge in [-0.05, 0) is 50.1 Å². The molecule has 0 saturated carbocycles. The molecule has 2 fully saturated rings. The maximum absolute atomic E-state index is 8.89. The summed E-state index contributed by atoms with van der Waals surface area (Å²) < 4.78 is 0. The van der Waals surface area contributed by atoms with Gasteiger partial charge < -0.3 is 10.6 Å². The van der Waals surface area contributed by atoms with Gasteiger partial charge >= 0.3 is 0 Å². The van der Waals surface area contributed by atoms with Crippen molar-refractivity contribution < 1.29 is 0 Å². The van der Waals surface area contributed by atoms with Crippen LogP contribution in [0.5, 0.6) is 0 Å². The molecule has 2 N–H and O–H groups in total. The molecule has 2 aliphatic rings. The first-order chi connectivity index (χ1) is 9.69. The third-order valence-corrected chi connectivity index (χ3v) is 4.67. The predicted octanol–water partition coefficient (Wildman–Crippen LogP) is 2.01. The number of anilines is 2. The summed E-state index contributed by atoms with van der Waals surface area (Å²) in [5.41, 5.74) is 8.83. The lowest BCUT2D eigenvalue weighted by Crippen LogP contribution is -2.55. The summed E-state index contributed by atoms with van der Waals surface area (Å²) in [7, 11) is 0. The zero-order valence-corrected chi connectivity index (χ0v) is 12.0. The van der Waals surface area contributed by atoms with Crippen LogP contribution in [0.15, 0.2) is 18.2 Å². The molecule has 2 atom stereocenters. The Hall–Kier alpha value is -1.73. The number of fused-ring (bicyclic) bond motifs is 1. The van der Waals surface area contributed by atoms with Crippen LogP contribution in [0.4, 0.5) is 11.4 Å². The summed E-state index contributed by atoms with van der Waals surface area (Å²) in [5, 5.41) is 8.89. The van der Waals surface area contributed by atoms with Crippen LogP contribution in [0.3, 0.4) is 0 Å². The fourth-order valence-electron chi connectivity index (χ4n) is 3.56. The van der Waals surface area contributed by atoms with Gasteiger partial charge in [-0.1, -0.05) is 0 Å². The minimum atomic E-state index is 0.386. The monoisotopic (exact) mass is 270 g/mol. The van der Waals surface area contributed by atoms with Crippen molar-refractivity contribution in [1.82, 2.24) is 4.90 Å². The highest BCUT2D eigenvalue weighted by Crippen LogP contribution is 2.30. The third-order valence-electron chi connectivity index (χ3n) is 4.67. The van der Waals surface area contributed by atoms with Crippen molar-refractivity contribution in [3.63, 3.8) is 0 Å². The standard InChI is InChI=1S/C16H22N4/c1-12-10-19-8-2-3-15(19)11-20(12)14-4-5-16(18)13(9-14)6-7-17/h4-5,9,12,15H,2-3,6,8,10-11,18H2,1H3. The van der Waals surface area contributed by atoms with Crippen molar-refractivity contribution in [1.29, 1.82) is 5.26 Å². The number of hydrogen-bond donors (Lipinski definition) is 1. The fraction of sp³-hybridized carbons (Fsp3) is 0.562. The molecule has 0 spiro atoms. The van der Waals surface area contributed by atoms with Crippen LogP contribution >= 0.6 is 0 Å². The van der Waals surface area contributed by atoms with Gasteiger partial charge in [-0.15, -0.1) is 0 Å². The zero-order chi connectivity index (χ0) is 14.1. The Morgan fingerprint density at radius 1 is 1.40 bits per heavy atom. The Morgan fingerprint density at radius 2 is 2.25 bits per heavy atom.